The maximum Gasteiger partial charge on any atom is 0.319 e. The maximum absolute atomic E-state index is 13.9. The number of carbonyl (C=O) groups is 3. The van der Waals surface area contributed by atoms with E-state index in [4.69, 9.17) is 11.1 Å². The Morgan fingerprint density at radius 1 is 0.896 bits per heavy atom. The number of rotatable bonds is 16. The van der Waals surface area contributed by atoms with Gasteiger partial charge in [-0.1, -0.05) is 66.5 Å². The van der Waals surface area contributed by atoms with Crippen molar-refractivity contribution in [3.05, 3.63) is 71.3 Å². The molecule has 0 spiro atoms. The van der Waals surface area contributed by atoms with E-state index in [0.717, 1.165) is 76.0 Å². The van der Waals surface area contributed by atoms with Crippen molar-refractivity contribution in [3.8, 4) is 0 Å². The van der Waals surface area contributed by atoms with E-state index in [0.29, 0.717) is 36.8 Å². The monoisotopic (exact) mass is 678 g/mol. The van der Waals surface area contributed by atoms with E-state index in [9.17, 15) is 14.4 Å². The molecule has 0 bridgehead atoms. The van der Waals surface area contributed by atoms with Crippen molar-refractivity contribution in [2.24, 2.45) is 17.6 Å². The third kappa shape index (κ3) is 12.1. The van der Waals surface area contributed by atoms with Crippen LogP contribution >= 0.6 is 11.9 Å². The SMILES string of the molecule is CN(C)C(=O)N1CCC(CCC(NSCc2ccccc2)C(=O)NC(CCC2CCNCC2)C(=O)NCc2ccc(C(=N)N)cc2)CC1. The fourth-order valence-corrected chi connectivity index (χ4v) is 7.24. The minimum Gasteiger partial charge on any atom is -0.384 e. The highest BCUT2D eigenvalue weighted by Crippen LogP contribution is 2.24. The molecule has 48 heavy (non-hydrogen) atoms. The van der Waals surface area contributed by atoms with Gasteiger partial charge in [0.2, 0.25) is 11.8 Å². The van der Waals surface area contributed by atoms with Crippen molar-refractivity contribution in [2.45, 2.75) is 75.7 Å². The van der Waals surface area contributed by atoms with E-state index in [2.05, 4.69) is 32.8 Å². The molecular formula is C36H54N8O3S. The van der Waals surface area contributed by atoms with Crippen molar-refractivity contribution in [1.29, 1.82) is 5.41 Å². The fourth-order valence-electron chi connectivity index (χ4n) is 6.37. The highest BCUT2D eigenvalue weighted by Gasteiger charge is 2.29. The topological polar surface area (TPSA) is 156 Å². The Kier molecular flexibility index (Phi) is 15.0. The van der Waals surface area contributed by atoms with E-state index >= 15 is 0 Å². The van der Waals surface area contributed by atoms with Gasteiger partial charge in [-0.2, -0.15) is 0 Å². The lowest BCUT2D eigenvalue weighted by Gasteiger charge is -2.34. The van der Waals surface area contributed by atoms with Gasteiger partial charge in [-0.3, -0.25) is 19.7 Å². The van der Waals surface area contributed by atoms with Crippen molar-refractivity contribution in [3.63, 3.8) is 0 Å². The molecule has 2 aromatic rings. The van der Waals surface area contributed by atoms with Crippen LogP contribution in [0, 0.1) is 17.2 Å². The molecule has 2 saturated heterocycles. The van der Waals surface area contributed by atoms with Crippen LogP contribution in [0.1, 0.15) is 68.1 Å². The van der Waals surface area contributed by atoms with Crippen LogP contribution in [0.25, 0.3) is 0 Å². The molecule has 262 valence electrons. The summed E-state index contributed by atoms with van der Waals surface area (Å²) in [4.78, 5) is 43.5. The summed E-state index contributed by atoms with van der Waals surface area (Å²) in [6.45, 7) is 3.74. The predicted octanol–water partition coefficient (Wildman–Crippen LogP) is 3.83. The van der Waals surface area contributed by atoms with Crippen LogP contribution in [0.4, 0.5) is 4.79 Å². The number of hydrogen-bond acceptors (Lipinski definition) is 7. The van der Waals surface area contributed by atoms with Crippen LogP contribution < -0.4 is 26.4 Å². The minimum absolute atomic E-state index is 0.00116. The summed E-state index contributed by atoms with van der Waals surface area (Å²) < 4.78 is 3.44. The summed E-state index contributed by atoms with van der Waals surface area (Å²) in [6.07, 6.45) is 6.94. The van der Waals surface area contributed by atoms with E-state index < -0.39 is 12.1 Å². The molecule has 0 saturated carbocycles. The number of hydrogen-bond donors (Lipinski definition) is 6. The largest absolute Gasteiger partial charge is 0.384 e. The molecule has 2 unspecified atom stereocenters. The second kappa shape index (κ2) is 19.4. The Balaban J connectivity index is 1.39. The van der Waals surface area contributed by atoms with Crippen LogP contribution in [0.5, 0.6) is 0 Å². The molecule has 2 fully saturated rings. The zero-order chi connectivity index (χ0) is 34.3. The van der Waals surface area contributed by atoms with E-state index in [1.54, 1.807) is 31.1 Å². The van der Waals surface area contributed by atoms with Crippen molar-refractivity contribution < 1.29 is 14.4 Å². The number of amides is 4. The normalized spacial score (nSPS) is 16.9. The Morgan fingerprint density at radius 3 is 2.15 bits per heavy atom. The van der Waals surface area contributed by atoms with E-state index in [-0.39, 0.29) is 23.7 Å². The quantitative estimate of drug-likeness (QED) is 0.0896. The van der Waals surface area contributed by atoms with Crippen LogP contribution in [0.15, 0.2) is 54.6 Å². The van der Waals surface area contributed by atoms with Gasteiger partial charge in [0, 0.05) is 45.0 Å². The molecule has 0 aliphatic carbocycles. The molecular weight excluding hydrogens is 625 g/mol. The number of carbonyl (C=O) groups excluding carboxylic acids is 3. The van der Waals surface area contributed by atoms with E-state index in [1.165, 1.54) is 17.5 Å². The number of likely N-dealkylation sites (tertiary alicyclic amines) is 1. The molecule has 7 N–H and O–H groups in total. The Labute approximate surface area is 290 Å². The van der Waals surface area contributed by atoms with Gasteiger partial charge in [0.05, 0.1) is 6.04 Å². The third-order valence-electron chi connectivity index (χ3n) is 9.44. The minimum atomic E-state index is -0.646. The average molecular weight is 679 g/mol. The van der Waals surface area contributed by atoms with E-state index in [1.807, 2.05) is 35.2 Å². The van der Waals surface area contributed by atoms with Crippen LogP contribution in [0.2, 0.25) is 0 Å². The van der Waals surface area contributed by atoms with Gasteiger partial charge in [-0.15, -0.1) is 0 Å². The summed E-state index contributed by atoms with van der Waals surface area (Å²) in [5.41, 5.74) is 8.29. The smallest absolute Gasteiger partial charge is 0.319 e. The van der Waals surface area contributed by atoms with Crippen molar-refractivity contribution in [2.75, 3.05) is 40.3 Å². The lowest BCUT2D eigenvalue weighted by Crippen LogP contribution is -2.52. The highest BCUT2D eigenvalue weighted by molar-refractivity contribution is 7.96. The second-order valence-electron chi connectivity index (χ2n) is 13.3. The number of amidine groups is 1. The molecule has 2 aromatic carbocycles. The highest BCUT2D eigenvalue weighted by atomic mass is 32.2. The number of piperidine rings is 2. The maximum atomic E-state index is 13.9. The first kappa shape index (κ1) is 37.2. The van der Waals surface area contributed by atoms with Gasteiger partial charge < -0.3 is 31.5 Å². The standard InChI is InChI=1S/C36H54N8O3S/c1-43(2)36(47)44-22-18-27(19-23-44)11-15-32(42-48-25-29-6-4-3-5-7-29)35(46)41-31(14-10-26-16-20-39-21-17-26)34(45)40-24-28-8-12-30(13-9-28)33(37)38/h3-9,12-13,26-27,31-32,39,42H,10-11,14-25H2,1-2H3,(H3,37,38)(H,40,45)(H,41,46). The summed E-state index contributed by atoms with van der Waals surface area (Å²) in [5, 5.41) is 17.2. The second-order valence-corrected chi connectivity index (χ2v) is 14.1. The molecule has 0 radical (unpaired) electrons. The lowest BCUT2D eigenvalue weighted by molar-refractivity contribution is -0.130. The number of nitrogens with one attached hydrogen (secondary N) is 5. The van der Waals surface area contributed by atoms with Gasteiger partial charge in [-0.25, -0.2) is 4.79 Å². The molecule has 2 aliphatic heterocycles. The summed E-state index contributed by atoms with van der Waals surface area (Å²) in [5.74, 6) is 1.33. The molecule has 4 rings (SSSR count). The van der Waals surface area contributed by atoms with Crippen molar-refractivity contribution >= 4 is 35.6 Å². The number of nitrogen functional groups attached to an aromatic ring is 1. The summed E-state index contributed by atoms with van der Waals surface area (Å²) in [7, 11) is 3.56. The molecule has 12 heteroatoms. The van der Waals surface area contributed by atoms with Gasteiger partial charge in [-0.05, 0) is 87.4 Å². The number of benzene rings is 2. The van der Waals surface area contributed by atoms with Crippen molar-refractivity contribution in [1.82, 2.24) is 30.5 Å². The van der Waals surface area contributed by atoms with Crippen LogP contribution in [-0.2, 0) is 21.9 Å². The average Bonchev–Trinajstić information content (AvgIpc) is 3.11. The zero-order valence-electron chi connectivity index (χ0n) is 28.5. The number of nitrogens with zero attached hydrogens (tertiary/aromatic N) is 2. The van der Waals surface area contributed by atoms with Crippen LogP contribution in [-0.4, -0.2) is 85.8 Å². The lowest BCUT2D eigenvalue weighted by atomic mass is 9.90. The first-order chi connectivity index (χ1) is 23.2. The Hall–Kier alpha value is -3.61. The fraction of sp³-hybridized carbons (Fsp3) is 0.556. The molecule has 0 aromatic heterocycles. The molecule has 2 heterocycles. The summed E-state index contributed by atoms with van der Waals surface area (Å²) in [6, 6.07) is 16.3. The molecule has 4 amide bonds. The molecule has 11 nitrogen and oxygen atoms in total. The number of nitrogens with two attached hydrogens (primary N) is 1. The first-order valence-corrected chi connectivity index (χ1v) is 18.3. The zero-order valence-corrected chi connectivity index (χ0v) is 29.3. The van der Waals surface area contributed by atoms with Crippen LogP contribution in [0.3, 0.4) is 0 Å². The Morgan fingerprint density at radius 2 is 1.52 bits per heavy atom. The molecule has 2 atom stereocenters. The number of urea groups is 1. The van der Waals surface area contributed by atoms with Gasteiger partial charge >= 0.3 is 6.03 Å². The van der Waals surface area contributed by atoms with Gasteiger partial charge in [0.15, 0.2) is 0 Å². The molecule has 2 aliphatic rings. The first-order valence-electron chi connectivity index (χ1n) is 17.3. The predicted molar refractivity (Wildman–Crippen MR) is 193 cm³/mol. The van der Waals surface area contributed by atoms with Gasteiger partial charge in [0.25, 0.3) is 0 Å². The summed E-state index contributed by atoms with van der Waals surface area (Å²) >= 11 is 1.52. The third-order valence-corrected chi connectivity index (χ3v) is 10.4. The van der Waals surface area contributed by atoms with Gasteiger partial charge in [0.1, 0.15) is 11.9 Å². The Bertz CT molecular complexity index is 1310.